The molecule has 0 saturated heterocycles. The quantitative estimate of drug-likeness (QED) is 0.132. The van der Waals surface area contributed by atoms with Gasteiger partial charge in [0.25, 0.3) is 5.91 Å². The molecule has 0 saturated carbocycles. The average Bonchev–Trinajstić information content (AvgIpc) is 2.73. The molecule has 0 rings (SSSR count). The van der Waals surface area contributed by atoms with Gasteiger partial charge in [-0.25, -0.2) is 0 Å². The van der Waals surface area contributed by atoms with E-state index in [1.807, 2.05) is 34.6 Å². The largest absolute Gasteiger partial charge is 0.367 e. The van der Waals surface area contributed by atoms with Crippen LogP contribution < -0.4 is 33.2 Å². The van der Waals surface area contributed by atoms with Crippen LogP contribution in [0.2, 0.25) is 0 Å². The summed E-state index contributed by atoms with van der Waals surface area (Å²) in [7, 11) is 0. The smallest absolute Gasteiger partial charge is 0.252 e. The second-order valence-corrected chi connectivity index (χ2v) is 10.8. The molecule has 0 fully saturated rings. The Hall–Kier alpha value is -2.64. The minimum atomic E-state index is -1.30. The van der Waals surface area contributed by atoms with Gasteiger partial charge in [-0.15, -0.1) is 6.42 Å². The highest BCUT2D eigenvalue weighted by atomic mass is 16.2. The number of hydrogen-bond acceptors (Lipinski definition) is 6. The Bertz CT molecular complexity index is 754. The predicted octanol–water partition coefficient (Wildman–Crippen LogP) is 0.280. The Balaban J connectivity index is 5.64. The topological polar surface area (TPSA) is 182 Å². The van der Waals surface area contributed by atoms with Crippen LogP contribution in [-0.4, -0.2) is 54.8 Å². The van der Waals surface area contributed by atoms with Crippen LogP contribution in [0.4, 0.5) is 0 Å². The van der Waals surface area contributed by atoms with E-state index >= 15 is 0 Å². The summed E-state index contributed by atoms with van der Waals surface area (Å²) in [6.45, 7) is 10.7. The molecule has 0 aliphatic heterocycles. The van der Waals surface area contributed by atoms with Gasteiger partial charge in [0.15, 0.2) is 6.04 Å². The van der Waals surface area contributed by atoms with Crippen LogP contribution >= 0.6 is 0 Å². The second-order valence-electron chi connectivity index (χ2n) is 10.8. The summed E-state index contributed by atoms with van der Waals surface area (Å²) in [5.74, 6) is -0.123. The number of carbonyl (C=O) groups excluding carboxylic acids is 4. The fourth-order valence-electron chi connectivity index (χ4n) is 3.99. The molecule has 3 unspecified atom stereocenters. The fraction of sp³-hybridized carbons (Fsp3) is 0.760. The van der Waals surface area contributed by atoms with E-state index in [4.69, 9.17) is 23.6 Å². The van der Waals surface area contributed by atoms with Crippen molar-refractivity contribution in [3.63, 3.8) is 0 Å². The van der Waals surface area contributed by atoms with Crippen molar-refractivity contribution < 1.29 is 19.2 Å². The Morgan fingerprint density at radius 1 is 0.800 bits per heavy atom. The molecule has 0 aliphatic rings. The number of terminal acetylenes is 1. The maximum absolute atomic E-state index is 13.2. The van der Waals surface area contributed by atoms with Gasteiger partial charge in [0.2, 0.25) is 17.7 Å². The lowest BCUT2D eigenvalue weighted by atomic mass is 9.75. The first-order valence-electron chi connectivity index (χ1n) is 12.3. The van der Waals surface area contributed by atoms with Crippen LogP contribution in [0.3, 0.4) is 0 Å². The van der Waals surface area contributed by atoms with E-state index in [0.29, 0.717) is 51.6 Å². The lowest BCUT2D eigenvalue weighted by Crippen LogP contribution is -2.57. The molecule has 0 bridgehead atoms. The van der Waals surface area contributed by atoms with E-state index in [2.05, 4.69) is 21.9 Å². The van der Waals surface area contributed by atoms with Gasteiger partial charge in [0.05, 0.1) is 0 Å². The van der Waals surface area contributed by atoms with Gasteiger partial charge < -0.3 is 33.2 Å². The van der Waals surface area contributed by atoms with Gasteiger partial charge in [-0.2, -0.15) is 0 Å². The van der Waals surface area contributed by atoms with Crippen LogP contribution in [0, 0.1) is 23.2 Å². The molecular formula is C25H46N6O4. The summed E-state index contributed by atoms with van der Waals surface area (Å²) in [5, 5.41) is 7.97. The molecule has 4 amide bonds. The van der Waals surface area contributed by atoms with Gasteiger partial charge in [-0.05, 0) is 63.5 Å². The first-order chi connectivity index (χ1) is 16.2. The van der Waals surface area contributed by atoms with E-state index in [0.717, 1.165) is 0 Å². The minimum Gasteiger partial charge on any atom is -0.367 e. The standard InChI is InChI=1S/C25H46N6O4/c1-7-17(20(28)32)29-21(33)18(12-8-10-14-26)30-22(34)19(13-9-11-15-27)31-23(35)25(5,6)16-24(2,3)4/h1,17-19H,8-16,26-27H2,2-6H3,(H2,28,32)(H,29,33)(H,30,34)(H,31,35). The maximum atomic E-state index is 13.2. The third-order valence-electron chi connectivity index (χ3n) is 5.47. The van der Waals surface area contributed by atoms with Crippen molar-refractivity contribution in [1.82, 2.24) is 16.0 Å². The molecule has 0 heterocycles. The van der Waals surface area contributed by atoms with Crippen molar-refractivity contribution in [3.8, 4) is 12.3 Å². The van der Waals surface area contributed by atoms with Gasteiger partial charge in [0.1, 0.15) is 12.1 Å². The molecule has 0 aromatic carbocycles. The maximum Gasteiger partial charge on any atom is 0.252 e. The van der Waals surface area contributed by atoms with Crippen LogP contribution in [-0.2, 0) is 19.2 Å². The SMILES string of the molecule is C#CC(NC(=O)C(CCCCN)NC(=O)C(CCCCN)NC(=O)C(C)(C)CC(C)(C)C)C(N)=O. The van der Waals surface area contributed by atoms with Crippen molar-refractivity contribution in [2.45, 2.75) is 97.7 Å². The molecule has 0 radical (unpaired) electrons. The Morgan fingerprint density at radius 2 is 1.26 bits per heavy atom. The molecule has 0 aliphatic carbocycles. The highest BCUT2D eigenvalue weighted by molar-refractivity contribution is 5.95. The fourth-order valence-corrected chi connectivity index (χ4v) is 3.99. The number of hydrogen-bond donors (Lipinski definition) is 6. The van der Waals surface area contributed by atoms with E-state index < -0.39 is 41.3 Å². The van der Waals surface area contributed by atoms with Gasteiger partial charge >= 0.3 is 0 Å². The van der Waals surface area contributed by atoms with E-state index in [9.17, 15) is 19.2 Å². The molecule has 0 aromatic rings. The van der Waals surface area contributed by atoms with Gasteiger partial charge in [-0.1, -0.05) is 40.5 Å². The van der Waals surface area contributed by atoms with E-state index in [1.54, 1.807) is 0 Å². The lowest BCUT2D eigenvalue weighted by molar-refractivity contribution is -0.136. The number of amides is 4. The zero-order chi connectivity index (χ0) is 27.2. The number of primary amides is 1. The molecule has 0 aromatic heterocycles. The van der Waals surface area contributed by atoms with Gasteiger partial charge in [0, 0.05) is 5.41 Å². The van der Waals surface area contributed by atoms with E-state index in [1.165, 1.54) is 0 Å². The summed E-state index contributed by atoms with van der Waals surface area (Å²) in [4.78, 5) is 50.6. The predicted molar refractivity (Wildman–Crippen MR) is 137 cm³/mol. The average molecular weight is 495 g/mol. The van der Waals surface area contributed by atoms with Crippen molar-refractivity contribution in [3.05, 3.63) is 0 Å². The third kappa shape index (κ3) is 13.1. The molecule has 3 atom stereocenters. The van der Waals surface area contributed by atoms with E-state index in [-0.39, 0.29) is 17.7 Å². The zero-order valence-electron chi connectivity index (χ0n) is 22.0. The highest BCUT2D eigenvalue weighted by Gasteiger charge is 2.35. The summed E-state index contributed by atoms with van der Waals surface area (Å²) < 4.78 is 0. The number of nitrogens with one attached hydrogen (secondary N) is 3. The Kier molecular flexibility index (Phi) is 14.2. The van der Waals surface area contributed by atoms with Crippen LogP contribution in [0.15, 0.2) is 0 Å². The first kappa shape index (κ1) is 32.4. The highest BCUT2D eigenvalue weighted by Crippen LogP contribution is 2.33. The van der Waals surface area contributed by atoms with Crippen LogP contribution in [0.5, 0.6) is 0 Å². The Labute approximate surface area is 210 Å². The molecule has 200 valence electrons. The number of unbranched alkanes of at least 4 members (excludes halogenated alkanes) is 2. The van der Waals surface area contributed by atoms with Crippen LogP contribution in [0.1, 0.15) is 79.6 Å². The summed E-state index contributed by atoms with van der Waals surface area (Å²) >= 11 is 0. The van der Waals surface area contributed by atoms with Crippen molar-refractivity contribution >= 4 is 23.6 Å². The molecular weight excluding hydrogens is 448 g/mol. The third-order valence-corrected chi connectivity index (χ3v) is 5.47. The molecule has 9 N–H and O–H groups in total. The molecule has 0 spiro atoms. The van der Waals surface area contributed by atoms with Crippen molar-refractivity contribution in [2.24, 2.45) is 28.0 Å². The molecule has 10 nitrogen and oxygen atoms in total. The van der Waals surface area contributed by atoms with Crippen molar-refractivity contribution in [2.75, 3.05) is 13.1 Å². The monoisotopic (exact) mass is 494 g/mol. The molecule has 35 heavy (non-hydrogen) atoms. The number of rotatable bonds is 16. The summed E-state index contributed by atoms with van der Waals surface area (Å²) in [6.07, 6.45) is 9.06. The van der Waals surface area contributed by atoms with Crippen molar-refractivity contribution in [1.29, 1.82) is 0 Å². The second kappa shape index (κ2) is 15.4. The minimum absolute atomic E-state index is 0.0850. The number of carbonyl (C=O) groups is 4. The number of nitrogens with two attached hydrogens (primary N) is 3. The van der Waals surface area contributed by atoms with Crippen LogP contribution in [0.25, 0.3) is 0 Å². The summed E-state index contributed by atoms with van der Waals surface area (Å²) in [5.41, 5.74) is 15.6. The van der Waals surface area contributed by atoms with Gasteiger partial charge in [-0.3, -0.25) is 19.2 Å². The summed E-state index contributed by atoms with van der Waals surface area (Å²) in [6, 6.07) is -3.12. The normalized spacial score (nSPS) is 14.2. The lowest BCUT2D eigenvalue weighted by Gasteiger charge is -2.33. The first-order valence-corrected chi connectivity index (χ1v) is 12.3. The Morgan fingerprint density at radius 3 is 1.66 bits per heavy atom. The molecule has 10 heteroatoms. The zero-order valence-corrected chi connectivity index (χ0v) is 22.0.